The number of benzene rings is 2. The van der Waals surface area contributed by atoms with Crippen molar-refractivity contribution < 1.29 is 19.1 Å². The summed E-state index contributed by atoms with van der Waals surface area (Å²) < 4.78 is 10.8. The molecule has 27 heavy (non-hydrogen) atoms. The predicted molar refractivity (Wildman–Crippen MR) is 104 cm³/mol. The van der Waals surface area contributed by atoms with Gasteiger partial charge in [-0.1, -0.05) is 0 Å². The summed E-state index contributed by atoms with van der Waals surface area (Å²) in [5.74, 6) is 0.666. The highest BCUT2D eigenvalue weighted by molar-refractivity contribution is 6.03. The number of amides is 2. The molecular formula is C21H24N2O4. The molecule has 2 aromatic rings. The van der Waals surface area contributed by atoms with Gasteiger partial charge < -0.3 is 20.1 Å². The Hall–Kier alpha value is -3.02. The second-order valence-corrected chi connectivity index (χ2v) is 6.34. The van der Waals surface area contributed by atoms with E-state index in [0.29, 0.717) is 31.0 Å². The van der Waals surface area contributed by atoms with Crippen molar-refractivity contribution in [1.29, 1.82) is 0 Å². The minimum Gasteiger partial charge on any atom is -0.494 e. The monoisotopic (exact) mass is 368 g/mol. The van der Waals surface area contributed by atoms with E-state index in [2.05, 4.69) is 10.6 Å². The fourth-order valence-corrected chi connectivity index (χ4v) is 2.85. The molecule has 2 unspecified atom stereocenters. The molecule has 0 bridgehead atoms. The molecule has 0 saturated heterocycles. The van der Waals surface area contributed by atoms with Crippen LogP contribution in [0.4, 0.5) is 11.4 Å². The van der Waals surface area contributed by atoms with Crippen molar-refractivity contribution in [2.24, 2.45) is 11.8 Å². The SMILES string of the molecule is CCOc1ccc(NC(=O)C2CC2C(=O)Nc2ccc(OCC)cc2)cc1. The van der Waals surface area contributed by atoms with Crippen LogP contribution in [0.3, 0.4) is 0 Å². The van der Waals surface area contributed by atoms with Crippen molar-refractivity contribution in [2.75, 3.05) is 23.8 Å². The largest absolute Gasteiger partial charge is 0.494 e. The van der Waals surface area contributed by atoms with Gasteiger partial charge in [-0.3, -0.25) is 9.59 Å². The van der Waals surface area contributed by atoms with Crippen molar-refractivity contribution in [1.82, 2.24) is 0 Å². The van der Waals surface area contributed by atoms with Crippen LogP contribution in [0.25, 0.3) is 0 Å². The molecule has 1 fully saturated rings. The Morgan fingerprint density at radius 1 is 0.778 bits per heavy atom. The smallest absolute Gasteiger partial charge is 0.228 e. The third-order valence-electron chi connectivity index (χ3n) is 4.33. The van der Waals surface area contributed by atoms with E-state index >= 15 is 0 Å². The molecule has 1 saturated carbocycles. The summed E-state index contributed by atoms with van der Waals surface area (Å²) in [6.07, 6.45) is 0.561. The van der Waals surface area contributed by atoms with E-state index in [4.69, 9.17) is 9.47 Å². The van der Waals surface area contributed by atoms with Gasteiger partial charge in [0.15, 0.2) is 0 Å². The summed E-state index contributed by atoms with van der Waals surface area (Å²) in [4.78, 5) is 24.7. The van der Waals surface area contributed by atoms with E-state index in [1.165, 1.54) is 0 Å². The lowest BCUT2D eigenvalue weighted by Crippen LogP contribution is -2.20. The van der Waals surface area contributed by atoms with Gasteiger partial charge in [0.2, 0.25) is 11.8 Å². The molecule has 0 aromatic heterocycles. The average molecular weight is 368 g/mol. The van der Waals surface area contributed by atoms with Crippen LogP contribution in [0.1, 0.15) is 20.3 Å². The van der Waals surface area contributed by atoms with Gasteiger partial charge in [0.25, 0.3) is 0 Å². The average Bonchev–Trinajstić information content (AvgIpc) is 3.47. The summed E-state index contributed by atoms with van der Waals surface area (Å²) >= 11 is 0. The van der Waals surface area contributed by atoms with Crippen LogP contribution in [-0.4, -0.2) is 25.0 Å². The van der Waals surface area contributed by atoms with Gasteiger partial charge in [0.1, 0.15) is 11.5 Å². The quantitative estimate of drug-likeness (QED) is 0.745. The predicted octanol–water partition coefficient (Wildman–Crippen LogP) is 3.70. The highest BCUT2D eigenvalue weighted by Gasteiger charge is 2.48. The standard InChI is InChI=1S/C21H24N2O4/c1-3-26-16-9-5-14(6-10-16)22-20(24)18-13-19(18)21(25)23-15-7-11-17(12-8-15)27-4-2/h5-12,18-19H,3-4,13H2,1-2H3,(H,22,24)(H,23,25). The van der Waals surface area contributed by atoms with Crippen LogP contribution in [-0.2, 0) is 9.59 Å². The minimum atomic E-state index is -0.292. The van der Waals surface area contributed by atoms with Crippen molar-refractivity contribution in [2.45, 2.75) is 20.3 Å². The van der Waals surface area contributed by atoms with E-state index in [-0.39, 0.29) is 23.7 Å². The van der Waals surface area contributed by atoms with Gasteiger partial charge >= 0.3 is 0 Å². The summed E-state index contributed by atoms with van der Waals surface area (Å²) in [5, 5.41) is 5.70. The Kier molecular flexibility index (Phi) is 5.96. The minimum absolute atomic E-state index is 0.133. The van der Waals surface area contributed by atoms with Gasteiger partial charge in [-0.05, 0) is 68.8 Å². The Morgan fingerprint density at radius 2 is 1.15 bits per heavy atom. The number of hydrogen-bond donors (Lipinski definition) is 2. The second-order valence-electron chi connectivity index (χ2n) is 6.34. The van der Waals surface area contributed by atoms with Gasteiger partial charge in [0.05, 0.1) is 25.0 Å². The molecule has 0 heterocycles. The van der Waals surface area contributed by atoms with E-state index in [0.717, 1.165) is 11.5 Å². The Morgan fingerprint density at radius 3 is 1.48 bits per heavy atom. The molecule has 0 aliphatic heterocycles. The molecule has 1 aliphatic rings. The number of nitrogens with one attached hydrogen (secondary N) is 2. The summed E-state index contributed by atoms with van der Waals surface area (Å²) in [6.45, 7) is 5.03. The molecule has 2 N–H and O–H groups in total. The Bertz CT molecular complexity index is 719. The van der Waals surface area contributed by atoms with Gasteiger partial charge in [-0.25, -0.2) is 0 Å². The maximum atomic E-state index is 12.3. The lowest BCUT2D eigenvalue weighted by Gasteiger charge is -2.08. The highest BCUT2D eigenvalue weighted by Crippen LogP contribution is 2.40. The summed E-state index contributed by atoms with van der Waals surface area (Å²) in [6, 6.07) is 14.4. The van der Waals surface area contributed by atoms with Gasteiger partial charge in [-0.15, -0.1) is 0 Å². The first kappa shape index (κ1) is 18.8. The van der Waals surface area contributed by atoms with E-state index in [9.17, 15) is 9.59 Å². The molecule has 2 atom stereocenters. The van der Waals surface area contributed by atoms with Crippen molar-refractivity contribution >= 4 is 23.2 Å². The first-order chi connectivity index (χ1) is 13.1. The van der Waals surface area contributed by atoms with Crippen LogP contribution in [0, 0.1) is 11.8 Å². The zero-order chi connectivity index (χ0) is 19.2. The third kappa shape index (κ3) is 5.00. The zero-order valence-corrected chi connectivity index (χ0v) is 15.5. The molecule has 6 nitrogen and oxygen atoms in total. The maximum Gasteiger partial charge on any atom is 0.228 e. The fraction of sp³-hybridized carbons (Fsp3) is 0.333. The van der Waals surface area contributed by atoms with Crippen molar-refractivity contribution in [3.8, 4) is 11.5 Å². The van der Waals surface area contributed by atoms with E-state index in [1.54, 1.807) is 24.3 Å². The second kappa shape index (κ2) is 8.58. The van der Waals surface area contributed by atoms with Crippen LogP contribution in [0.15, 0.2) is 48.5 Å². The number of rotatable bonds is 8. The topological polar surface area (TPSA) is 76.7 Å². The molecular weight excluding hydrogens is 344 g/mol. The highest BCUT2D eigenvalue weighted by atomic mass is 16.5. The molecule has 0 spiro atoms. The fourth-order valence-electron chi connectivity index (χ4n) is 2.85. The maximum absolute atomic E-state index is 12.3. The zero-order valence-electron chi connectivity index (χ0n) is 15.5. The molecule has 2 amide bonds. The lowest BCUT2D eigenvalue weighted by molar-refractivity contribution is -0.122. The number of carbonyl (C=O) groups is 2. The van der Waals surface area contributed by atoms with E-state index < -0.39 is 0 Å². The number of ether oxygens (including phenoxy) is 2. The summed E-state index contributed by atoms with van der Waals surface area (Å²) in [7, 11) is 0. The van der Waals surface area contributed by atoms with Gasteiger partial charge in [-0.2, -0.15) is 0 Å². The summed E-state index contributed by atoms with van der Waals surface area (Å²) in [5.41, 5.74) is 1.39. The molecule has 2 aromatic carbocycles. The van der Waals surface area contributed by atoms with Crippen LogP contribution < -0.4 is 20.1 Å². The lowest BCUT2D eigenvalue weighted by atomic mass is 10.2. The first-order valence-corrected chi connectivity index (χ1v) is 9.18. The molecule has 3 rings (SSSR count). The Labute approximate surface area is 158 Å². The number of hydrogen-bond acceptors (Lipinski definition) is 4. The first-order valence-electron chi connectivity index (χ1n) is 9.18. The molecule has 0 radical (unpaired) electrons. The number of anilines is 2. The van der Waals surface area contributed by atoms with Crippen molar-refractivity contribution in [3.05, 3.63) is 48.5 Å². The molecule has 6 heteroatoms. The number of carbonyl (C=O) groups excluding carboxylic acids is 2. The van der Waals surface area contributed by atoms with E-state index in [1.807, 2.05) is 38.1 Å². The van der Waals surface area contributed by atoms with Crippen LogP contribution in [0.2, 0.25) is 0 Å². The van der Waals surface area contributed by atoms with Crippen LogP contribution >= 0.6 is 0 Å². The molecule has 142 valence electrons. The van der Waals surface area contributed by atoms with Crippen LogP contribution in [0.5, 0.6) is 11.5 Å². The van der Waals surface area contributed by atoms with Gasteiger partial charge in [0, 0.05) is 11.4 Å². The third-order valence-corrected chi connectivity index (χ3v) is 4.33. The van der Waals surface area contributed by atoms with Crippen molar-refractivity contribution in [3.63, 3.8) is 0 Å². The Balaban J connectivity index is 1.49. The normalized spacial score (nSPS) is 17.7. The molecule has 1 aliphatic carbocycles.